The molecule has 2 heterocycles. The Kier molecular flexibility index (Phi) is 3.93. The second kappa shape index (κ2) is 6.25. The van der Waals surface area contributed by atoms with Crippen molar-refractivity contribution in [3.8, 4) is 0 Å². The number of nitro groups is 1. The summed E-state index contributed by atoms with van der Waals surface area (Å²) in [6.07, 6.45) is 2.49. The van der Waals surface area contributed by atoms with Gasteiger partial charge in [0.1, 0.15) is 17.0 Å². The molecule has 0 spiro atoms. The van der Waals surface area contributed by atoms with Crippen LogP contribution >= 0.6 is 11.3 Å². The highest BCUT2D eigenvalue weighted by Crippen LogP contribution is 2.42. The molecule has 1 aliphatic rings. The van der Waals surface area contributed by atoms with Crippen LogP contribution in [-0.4, -0.2) is 22.7 Å². The minimum absolute atomic E-state index is 0.0261. The molecule has 7 heteroatoms. The maximum atomic E-state index is 11.5. The summed E-state index contributed by atoms with van der Waals surface area (Å²) in [5.74, 6) is 0. The molecule has 1 aromatic heterocycles. The normalized spacial score (nSPS) is 17.1. The number of thiazole rings is 1. The maximum Gasteiger partial charge on any atom is 0.293 e. The number of para-hydroxylation sites is 1. The molecule has 6 nitrogen and oxygen atoms in total. The number of nitro benzene ring substituents is 1. The summed E-state index contributed by atoms with van der Waals surface area (Å²) in [7, 11) is 0. The molecule has 126 valence electrons. The van der Waals surface area contributed by atoms with E-state index in [1.54, 1.807) is 23.5 Å². The van der Waals surface area contributed by atoms with Crippen molar-refractivity contribution in [1.29, 1.82) is 0 Å². The van der Waals surface area contributed by atoms with Crippen LogP contribution in [-0.2, 0) is 0 Å². The molecule has 25 heavy (non-hydrogen) atoms. The van der Waals surface area contributed by atoms with Gasteiger partial charge in [0.05, 0.1) is 21.2 Å². The number of anilines is 1. The number of nitrogens with zero attached hydrogens (tertiary/aromatic N) is 3. The van der Waals surface area contributed by atoms with Crippen LogP contribution in [0.4, 0.5) is 11.4 Å². The number of hydrogen-bond acceptors (Lipinski definition) is 6. The summed E-state index contributed by atoms with van der Waals surface area (Å²) >= 11 is 1.64. The Morgan fingerprint density at radius 1 is 1.28 bits per heavy atom. The first-order valence-electron chi connectivity index (χ1n) is 8.03. The lowest BCUT2D eigenvalue weighted by atomic mass is 10.1. The quantitative estimate of drug-likeness (QED) is 0.396. The Morgan fingerprint density at radius 3 is 2.88 bits per heavy atom. The van der Waals surface area contributed by atoms with E-state index in [0.717, 1.165) is 34.6 Å². The van der Waals surface area contributed by atoms with E-state index in [4.69, 9.17) is 4.98 Å². The monoisotopic (exact) mass is 353 g/mol. The second-order valence-electron chi connectivity index (χ2n) is 5.99. The predicted molar refractivity (Wildman–Crippen MR) is 97.4 cm³/mol. The summed E-state index contributed by atoms with van der Waals surface area (Å²) in [5.41, 5.74) is 1.79. The zero-order chi connectivity index (χ0) is 17.4. The van der Waals surface area contributed by atoms with E-state index in [1.807, 2.05) is 29.2 Å². The van der Waals surface area contributed by atoms with Crippen LogP contribution in [0, 0.1) is 10.1 Å². The highest BCUT2D eigenvalue weighted by atomic mass is 32.1. The van der Waals surface area contributed by atoms with Crippen molar-refractivity contribution in [3.63, 3.8) is 0 Å². The fourth-order valence-corrected chi connectivity index (χ4v) is 4.46. The highest BCUT2D eigenvalue weighted by Gasteiger charge is 2.32. The fraction of sp³-hybridized carbons (Fsp3) is 0.222. The fourth-order valence-electron chi connectivity index (χ4n) is 3.35. The van der Waals surface area contributed by atoms with Crippen LogP contribution < -0.4 is 4.90 Å². The van der Waals surface area contributed by atoms with Gasteiger partial charge in [-0.15, -0.1) is 11.3 Å². The summed E-state index contributed by atoms with van der Waals surface area (Å²) in [4.78, 5) is 28.8. The van der Waals surface area contributed by atoms with Crippen molar-refractivity contribution in [2.24, 2.45) is 0 Å². The minimum atomic E-state index is -0.421. The van der Waals surface area contributed by atoms with Gasteiger partial charge in [0, 0.05) is 18.2 Å². The number of fused-ring (bicyclic) bond motifs is 1. The van der Waals surface area contributed by atoms with Crippen LogP contribution in [0.2, 0.25) is 0 Å². The summed E-state index contributed by atoms with van der Waals surface area (Å²) in [6, 6.07) is 12.6. The number of benzene rings is 2. The van der Waals surface area contributed by atoms with Crippen molar-refractivity contribution in [2.45, 2.75) is 18.9 Å². The third-order valence-electron chi connectivity index (χ3n) is 4.49. The van der Waals surface area contributed by atoms with E-state index in [-0.39, 0.29) is 11.7 Å². The van der Waals surface area contributed by atoms with Crippen molar-refractivity contribution in [3.05, 3.63) is 63.1 Å². The smallest absolute Gasteiger partial charge is 0.293 e. The Hall–Kier alpha value is -2.80. The molecule has 1 aliphatic heterocycles. The van der Waals surface area contributed by atoms with E-state index in [9.17, 15) is 14.9 Å². The van der Waals surface area contributed by atoms with Gasteiger partial charge in [-0.25, -0.2) is 4.98 Å². The van der Waals surface area contributed by atoms with Gasteiger partial charge in [-0.05, 0) is 37.1 Å². The average molecular weight is 353 g/mol. The molecule has 3 aromatic rings. The van der Waals surface area contributed by atoms with E-state index in [1.165, 1.54) is 6.07 Å². The van der Waals surface area contributed by atoms with E-state index in [0.29, 0.717) is 17.5 Å². The zero-order valence-corrected chi connectivity index (χ0v) is 14.1. The second-order valence-corrected chi connectivity index (χ2v) is 7.06. The molecule has 0 amide bonds. The molecule has 2 aromatic carbocycles. The molecule has 1 saturated heterocycles. The molecule has 0 radical (unpaired) electrons. The standard InChI is InChI=1S/C18H15N3O3S/c22-11-12-7-8-14(16(10-12)21(23)24)20-9-3-5-15(20)18-19-13-4-1-2-6-17(13)25-18/h1-2,4,6-8,10-11,15H,3,5,9H2/t15-/m1/s1. The van der Waals surface area contributed by atoms with Crippen LogP contribution in [0.1, 0.15) is 34.2 Å². The molecule has 0 unspecified atom stereocenters. The van der Waals surface area contributed by atoms with E-state index < -0.39 is 4.92 Å². The molecule has 0 aliphatic carbocycles. The van der Waals surface area contributed by atoms with E-state index >= 15 is 0 Å². The maximum absolute atomic E-state index is 11.5. The molecule has 0 bridgehead atoms. The Morgan fingerprint density at radius 2 is 2.12 bits per heavy atom. The number of hydrogen-bond donors (Lipinski definition) is 0. The Bertz CT molecular complexity index is 936. The first kappa shape index (κ1) is 15.7. The largest absolute Gasteiger partial charge is 0.357 e. The lowest BCUT2D eigenvalue weighted by molar-refractivity contribution is -0.384. The predicted octanol–water partition coefficient (Wildman–Crippen LogP) is 4.36. The SMILES string of the molecule is O=Cc1ccc(N2CCC[C@@H]2c2nc3ccccc3s2)c([N+](=O)[O-])c1. The van der Waals surface area contributed by atoms with Crippen LogP contribution in [0.5, 0.6) is 0 Å². The Labute approximate surface area is 147 Å². The zero-order valence-electron chi connectivity index (χ0n) is 13.3. The van der Waals surface area contributed by atoms with Gasteiger partial charge in [-0.2, -0.15) is 0 Å². The molecule has 1 fully saturated rings. The molecule has 0 N–H and O–H groups in total. The van der Waals surface area contributed by atoms with Gasteiger partial charge in [0.25, 0.3) is 5.69 Å². The van der Waals surface area contributed by atoms with Gasteiger partial charge in [0.15, 0.2) is 0 Å². The third kappa shape index (κ3) is 2.76. The van der Waals surface area contributed by atoms with Crippen molar-refractivity contribution >= 4 is 39.2 Å². The average Bonchev–Trinajstić information content (AvgIpc) is 3.27. The van der Waals surface area contributed by atoms with Crippen LogP contribution in [0.15, 0.2) is 42.5 Å². The van der Waals surface area contributed by atoms with Gasteiger partial charge in [0.2, 0.25) is 0 Å². The van der Waals surface area contributed by atoms with Gasteiger partial charge in [-0.3, -0.25) is 14.9 Å². The van der Waals surface area contributed by atoms with Crippen molar-refractivity contribution in [2.75, 3.05) is 11.4 Å². The molecular weight excluding hydrogens is 338 g/mol. The highest BCUT2D eigenvalue weighted by molar-refractivity contribution is 7.18. The minimum Gasteiger partial charge on any atom is -0.357 e. The number of carbonyl (C=O) groups excluding carboxylic acids is 1. The lowest BCUT2D eigenvalue weighted by Gasteiger charge is -2.25. The number of aldehydes is 1. The first-order valence-corrected chi connectivity index (χ1v) is 8.85. The molecule has 1 atom stereocenters. The van der Waals surface area contributed by atoms with Crippen LogP contribution in [0.3, 0.4) is 0 Å². The van der Waals surface area contributed by atoms with Crippen LogP contribution in [0.25, 0.3) is 10.2 Å². The number of aromatic nitrogens is 1. The first-order chi connectivity index (χ1) is 12.2. The van der Waals surface area contributed by atoms with Gasteiger partial charge in [-0.1, -0.05) is 12.1 Å². The Balaban J connectivity index is 1.77. The number of rotatable bonds is 4. The van der Waals surface area contributed by atoms with Crippen molar-refractivity contribution in [1.82, 2.24) is 4.98 Å². The molecule has 4 rings (SSSR count). The molecular formula is C18H15N3O3S. The van der Waals surface area contributed by atoms with Crippen molar-refractivity contribution < 1.29 is 9.72 Å². The van der Waals surface area contributed by atoms with E-state index in [2.05, 4.69) is 0 Å². The molecule has 0 saturated carbocycles. The summed E-state index contributed by atoms with van der Waals surface area (Å²) in [6.45, 7) is 0.738. The van der Waals surface area contributed by atoms with Gasteiger partial charge >= 0.3 is 0 Å². The topological polar surface area (TPSA) is 76.3 Å². The summed E-state index contributed by atoms with van der Waals surface area (Å²) in [5, 5.41) is 12.5. The summed E-state index contributed by atoms with van der Waals surface area (Å²) < 4.78 is 1.12. The van der Waals surface area contributed by atoms with Gasteiger partial charge < -0.3 is 4.90 Å². The third-order valence-corrected chi connectivity index (χ3v) is 5.63. The number of carbonyl (C=O) groups is 1. The lowest BCUT2D eigenvalue weighted by Crippen LogP contribution is -2.23.